The fraction of sp³-hybridized carbons (Fsp3) is 0.600. The molecule has 94 valence electrons. The molecule has 0 spiro atoms. The van der Waals surface area contributed by atoms with Gasteiger partial charge in [0.1, 0.15) is 5.69 Å². The Kier molecular flexibility index (Phi) is 4.19. The van der Waals surface area contributed by atoms with Crippen molar-refractivity contribution in [3.05, 3.63) is 15.8 Å². The summed E-state index contributed by atoms with van der Waals surface area (Å²) in [6.07, 6.45) is 1.72. The number of nitrogens with zero attached hydrogens (tertiary/aromatic N) is 3. The SMILES string of the molecule is CCC(CC)Nc1nc(N)nc(C)c1[N+](=O)[O-]. The number of rotatable bonds is 5. The minimum Gasteiger partial charge on any atom is -0.368 e. The van der Waals surface area contributed by atoms with Crippen LogP contribution in [-0.2, 0) is 0 Å². The lowest BCUT2D eigenvalue weighted by atomic mass is 10.1. The predicted octanol–water partition coefficient (Wildman–Crippen LogP) is 1.88. The summed E-state index contributed by atoms with van der Waals surface area (Å²) < 4.78 is 0. The average Bonchev–Trinajstić information content (AvgIpc) is 2.24. The van der Waals surface area contributed by atoms with Crippen LogP contribution < -0.4 is 11.1 Å². The molecule has 0 atom stereocenters. The van der Waals surface area contributed by atoms with Gasteiger partial charge in [-0.05, 0) is 19.8 Å². The highest BCUT2D eigenvalue weighted by Gasteiger charge is 2.22. The zero-order valence-electron chi connectivity index (χ0n) is 10.2. The summed E-state index contributed by atoms with van der Waals surface area (Å²) in [5.74, 6) is 0.246. The molecule has 17 heavy (non-hydrogen) atoms. The summed E-state index contributed by atoms with van der Waals surface area (Å²) in [5.41, 5.74) is 5.67. The zero-order chi connectivity index (χ0) is 13.0. The first-order chi connectivity index (χ1) is 7.99. The van der Waals surface area contributed by atoms with Gasteiger partial charge < -0.3 is 11.1 Å². The van der Waals surface area contributed by atoms with Crippen LogP contribution in [0.3, 0.4) is 0 Å². The molecule has 1 aromatic rings. The number of nitro groups is 1. The molecule has 0 saturated heterocycles. The summed E-state index contributed by atoms with van der Waals surface area (Å²) >= 11 is 0. The van der Waals surface area contributed by atoms with Gasteiger partial charge in [-0.2, -0.15) is 4.98 Å². The van der Waals surface area contributed by atoms with E-state index in [4.69, 9.17) is 5.73 Å². The third kappa shape index (κ3) is 3.02. The maximum Gasteiger partial charge on any atom is 0.332 e. The van der Waals surface area contributed by atoms with Crippen LogP contribution in [0.25, 0.3) is 0 Å². The van der Waals surface area contributed by atoms with Crippen LogP contribution in [0, 0.1) is 17.0 Å². The third-order valence-corrected chi connectivity index (χ3v) is 2.58. The monoisotopic (exact) mass is 239 g/mol. The molecule has 3 N–H and O–H groups in total. The molecule has 1 aromatic heterocycles. The minimum atomic E-state index is -0.487. The van der Waals surface area contributed by atoms with Gasteiger partial charge >= 0.3 is 5.69 Å². The summed E-state index contributed by atoms with van der Waals surface area (Å²) in [6, 6.07) is 0.141. The largest absolute Gasteiger partial charge is 0.368 e. The summed E-state index contributed by atoms with van der Waals surface area (Å²) in [5, 5.41) is 14.0. The minimum absolute atomic E-state index is 0.0431. The normalized spacial score (nSPS) is 10.6. The van der Waals surface area contributed by atoms with Crippen molar-refractivity contribution < 1.29 is 4.92 Å². The molecule has 0 bridgehead atoms. The Labute approximate surface area is 99.6 Å². The first-order valence-electron chi connectivity index (χ1n) is 5.54. The van der Waals surface area contributed by atoms with Crippen LogP contribution >= 0.6 is 0 Å². The van der Waals surface area contributed by atoms with E-state index in [1.54, 1.807) is 6.92 Å². The molecule has 1 heterocycles. The summed E-state index contributed by atoms with van der Waals surface area (Å²) in [4.78, 5) is 18.2. The standard InChI is InChI=1S/C10H17N5O2/c1-4-7(5-2)13-9-8(15(16)17)6(3)12-10(11)14-9/h7H,4-5H2,1-3H3,(H3,11,12,13,14). The van der Waals surface area contributed by atoms with E-state index in [1.165, 1.54) is 0 Å². The zero-order valence-corrected chi connectivity index (χ0v) is 10.2. The quantitative estimate of drug-likeness (QED) is 0.600. The predicted molar refractivity (Wildman–Crippen MR) is 65.8 cm³/mol. The topological polar surface area (TPSA) is 107 Å². The van der Waals surface area contributed by atoms with E-state index in [1.807, 2.05) is 13.8 Å². The van der Waals surface area contributed by atoms with Crippen LogP contribution in [0.5, 0.6) is 0 Å². The molecule has 0 aliphatic rings. The second-order valence-electron chi connectivity index (χ2n) is 3.78. The maximum absolute atomic E-state index is 11.0. The highest BCUT2D eigenvalue weighted by molar-refractivity contribution is 5.60. The molecule has 1 rings (SSSR count). The van der Waals surface area contributed by atoms with Crippen molar-refractivity contribution in [1.82, 2.24) is 9.97 Å². The molecule has 0 unspecified atom stereocenters. The van der Waals surface area contributed by atoms with Crippen LogP contribution in [0.1, 0.15) is 32.4 Å². The summed E-state index contributed by atoms with van der Waals surface area (Å²) in [6.45, 7) is 5.56. The lowest BCUT2D eigenvalue weighted by molar-refractivity contribution is -0.385. The molecule has 0 radical (unpaired) electrons. The second-order valence-corrected chi connectivity index (χ2v) is 3.78. The van der Waals surface area contributed by atoms with E-state index < -0.39 is 4.92 Å². The van der Waals surface area contributed by atoms with Crippen molar-refractivity contribution >= 4 is 17.5 Å². The van der Waals surface area contributed by atoms with Crippen molar-refractivity contribution in [2.75, 3.05) is 11.1 Å². The van der Waals surface area contributed by atoms with Gasteiger partial charge in [0.25, 0.3) is 0 Å². The van der Waals surface area contributed by atoms with Crippen LogP contribution in [0.4, 0.5) is 17.5 Å². The average molecular weight is 239 g/mol. The van der Waals surface area contributed by atoms with Crippen LogP contribution in [-0.4, -0.2) is 20.9 Å². The molecule has 0 fully saturated rings. The molecule has 7 nitrogen and oxygen atoms in total. The molecule has 0 aliphatic carbocycles. The van der Waals surface area contributed by atoms with E-state index in [0.29, 0.717) is 0 Å². The Morgan fingerprint density at radius 1 is 1.41 bits per heavy atom. The maximum atomic E-state index is 11.0. The lowest BCUT2D eigenvalue weighted by Gasteiger charge is -2.15. The van der Waals surface area contributed by atoms with Gasteiger partial charge in [-0.15, -0.1) is 0 Å². The number of hydrogen-bond donors (Lipinski definition) is 2. The highest BCUT2D eigenvalue weighted by Crippen LogP contribution is 2.26. The molecular formula is C10H17N5O2. The number of aromatic nitrogens is 2. The Balaban J connectivity index is 3.16. The smallest absolute Gasteiger partial charge is 0.332 e. The van der Waals surface area contributed by atoms with Crippen LogP contribution in [0.2, 0.25) is 0 Å². The third-order valence-electron chi connectivity index (χ3n) is 2.58. The number of aryl methyl sites for hydroxylation is 1. The second kappa shape index (κ2) is 5.42. The number of nitrogen functional groups attached to an aromatic ring is 1. The van der Waals surface area contributed by atoms with Gasteiger partial charge in [0.15, 0.2) is 0 Å². The Hall–Kier alpha value is -1.92. The van der Waals surface area contributed by atoms with Gasteiger partial charge in [0, 0.05) is 6.04 Å². The molecule has 0 aliphatic heterocycles. The molecule has 7 heteroatoms. The fourth-order valence-corrected chi connectivity index (χ4v) is 1.59. The number of hydrogen-bond acceptors (Lipinski definition) is 6. The Bertz CT molecular complexity index is 417. The van der Waals surface area contributed by atoms with Gasteiger partial charge in [0.05, 0.1) is 4.92 Å². The van der Waals surface area contributed by atoms with Crippen molar-refractivity contribution in [2.24, 2.45) is 0 Å². The summed E-state index contributed by atoms with van der Waals surface area (Å²) in [7, 11) is 0. The van der Waals surface area contributed by atoms with E-state index in [-0.39, 0.29) is 29.2 Å². The van der Waals surface area contributed by atoms with Gasteiger partial charge in [-0.3, -0.25) is 10.1 Å². The molecule has 0 aromatic carbocycles. The highest BCUT2D eigenvalue weighted by atomic mass is 16.6. The number of nitrogens with two attached hydrogens (primary N) is 1. The van der Waals surface area contributed by atoms with Crippen molar-refractivity contribution in [1.29, 1.82) is 0 Å². The lowest BCUT2D eigenvalue weighted by Crippen LogP contribution is -2.20. The number of anilines is 2. The van der Waals surface area contributed by atoms with Gasteiger partial charge in [-0.1, -0.05) is 13.8 Å². The van der Waals surface area contributed by atoms with Gasteiger partial charge in [-0.25, -0.2) is 4.98 Å². The Morgan fingerprint density at radius 3 is 2.47 bits per heavy atom. The molecule has 0 saturated carbocycles. The Morgan fingerprint density at radius 2 is 2.00 bits per heavy atom. The molecule has 0 amide bonds. The first-order valence-corrected chi connectivity index (χ1v) is 5.54. The molecular weight excluding hydrogens is 222 g/mol. The first kappa shape index (κ1) is 13.1. The van der Waals surface area contributed by atoms with Gasteiger partial charge in [0.2, 0.25) is 11.8 Å². The van der Waals surface area contributed by atoms with Crippen molar-refractivity contribution in [3.63, 3.8) is 0 Å². The van der Waals surface area contributed by atoms with E-state index in [9.17, 15) is 10.1 Å². The van der Waals surface area contributed by atoms with E-state index in [2.05, 4.69) is 15.3 Å². The fourth-order valence-electron chi connectivity index (χ4n) is 1.59. The van der Waals surface area contributed by atoms with Crippen molar-refractivity contribution in [3.8, 4) is 0 Å². The van der Waals surface area contributed by atoms with Crippen LogP contribution in [0.15, 0.2) is 0 Å². The van der Waals surface area contributed by atoms with E-state index >= 15 is 0 Å². The van der Waals surface area contributed by atoms with Crippen molar-refractivity contribution in [2.45, 2.75) is 39.7 Å². The van der Waals surface area contributed by atoms with E-state index in [0.717, 1.165) is 12.8 Å². The number of nitrogens with one attached hydrogen (secondary N) is 1.